The predicted molar refractivity (Wildman–Crippen MR) is 126 cm³/mol. The number of rotatable bonds is 8. The van der Waals surface area contributed by atoms with Gasteiger partial charge in [-0.2, -0.15) is 0 Å². The first-order chi connectivity index (χ1) is 15.4. The van der Waals surface area contributed by atoms with Crippen LogP contribution in [0.25, 0.3) is 0 Å². The fourth-order valence-corrected chi connectivity index (χ4v) is 3.84. The van der Waals surface area contributed by atoms with Crippen LogP contribution in [0.15, 0.2) is 103 Å². The summed E-state index contributed by atoms with van der Waals surface area (Å²) in [5.74, 6) is -2.74. The number of benzene rings is 3. The van der Waals surface area contributed by atoms with Crippen LogP contribution in [0.4, 0.5) is 10.1 Å². The zero-order valence-electron chi connectivity index (χ0n) is 18.2. The third kappa shape index (κ3) is 5.29. The second-order valence-corrected chi connectivity index (χ2v) is 7.88. The van der Waals surface area contributed by atoms with Gasteiger partial charge < -0.3 is 5.32 Å². The van der Waals surface area contributed by atoms with E-state index in [0.717, 1.165) is 0 Å². The Bertz CT molecular complexity index is 1120. The molecule has 0 bridgehead atoms. The molecule has 1 N–H and O–H groups in total. The van der Waals surface area contributed by atoms with Gasteiger partial charge >= 0.3 is 0 Å². The Morgan fingerprint density at radius 2 is 1.44 bits per heavy atom. The van der Waals surface area contributed by atoms with Crippen LogP contribution in [0.2, 0.25) is 0 Å². The lowest BCUT2D eigenvalue weighted by atomic mass is 9.73. The number of halogens is 1. The van der Waals surface area contributed by atoms with Crippen molar-refractivity contribution in [3.05, 3.63) is 120 Å². The molecule has 4 heteroatoms. The monoisotopic (exact) mass is 427 g/mol. The van der Waals surface area contributed by atoms with E-state index in [-0.39, 0.29) is 17.6 Å². The maximum Gasteiger partial charge on any atom is 0.233 e. The van der Waals surface area contributed by atoms with Crippen LogP contribution in [0.1, 0.15) is 35.7 Å². The zero-order chi connectivity index (χ0) is 23.1. The van der Waals surface area contributed by atoms with Crippen LogP contribution in [0.3, 0.4) is 0 Å². The summed E-state index contributed by atoms with van der Waals surface area (Å²) in [4.78, 5) is 27.3. The lowest BCUT2D eigenvalue weighted by Crippen LogP contribution is -2.35. The van der Waals surface area contributed by atoms with Crippen LogP contribution < -0.4 is 5.32 Å². The fraction of sp³-hybridized carbons (Fsp3) is 0.179. The smallest absolute Gasteiger partial charge is 0.233 e. The van der Waals surface area contributed by atoms with Gasteiger partial charge in [0.05, 0.1) is 11.8 Å². The van der Waals surface area contributed by atoms with Crippen LogP contribution in [-0.2, 0) is 4.79 Å². The van der Waals surface area contributed by atoms with E-state index in [9.17, 15) is 14.0 Å². The average molecular weight is 428 g/mol. The number of amides is 1. The first-order valence-corrected chi connectivity index (χ1v) is 10.5. The van der Waals surface area contributed by atoms with E-state index in [0.29, 0.717) is 22.4 Å². The van der Waals surface area contributed by atoms with Crippen molar-refractivity contribution in [1.29, 1.82) is 0 Å². The van der Waals surface area contributed by atoms with Crippen molar-refractivity contribution in [3.8, 4) is 0 Å². The second kappa shape index (κ2) is 10.5. The number of carbonyl (C=O) groups is 2. The maximum absolute atomic E-state index is 13.7. The molecule has 3 aromatic carbocycles. The lowest BCUT2D eigenvalue weighted by Gasteiger charge is -2.29. The second-order valence-electron chi connectivity index (χ2n) is 7.88. The van der Waals surface area contributed by atoms with E-state index < -0.39 is 17.7 Å². The largest absolute Gasteiger partial charge is 0.326 e. The normalized spacial score (nSPS) is 12.5. The molecular formula is C28H26FNO2. The van der Waals surface area contributed by atoms with Crippen molar-refractivity contribution in [3.63, 3.8) is 0 Å². The van der Waals surface area contributed by atoms with E-state index >= 15 is 0 Å². The van der Waals surface area contributed by atoms with Crippen molar-refractivity contribution < 1.29 is 14.0 Å². The summed E-state index contributed by atoms with van der Waals surface area (Å²) in [5.41, 5.74) is 5.24. The SMILES string of the molecule is C=C=C(C(C)C)C(C(=O)Nc1ccccc1)C(C(=O)c1ccc(F)cc1)c1ccccc1. The number of hydrogen-bond acceptors (Lipinski definition) is 2. The fourth-order valence-electron chi connectivity index (χ4n) is 3.84. The third-order valence-corrected chi connectivity index (χ3v) is 5.39. The van der Waals surface area contributed by atoms with Gasteiger partial charge in [-0.05, 0) is 53.5 Å². The predicted octanol–water partition coefficient (Wildman–Crippen LogP) is 6.41. The molecule has 1 amide bonds. The van der Waals surface area contributed by atoms with Crippen LogP contribution in [0, 0.1) is 17.7 Å². The molecule has 0 heterocycles. The summed E-state index contributed by atoms with van der Waals surface area (Å²) in [6, 6.07) is 23.7. The molecule has 3 nitrogen and oxygen atoms in total. The number of Topliss-reactive ketones (excluding diaryl/α,β-unsaturated/α-hetero) is 1. The highest BCUT2D eigenvalue weighted by Crippen LogP contribution is 2.37. The molecule has 0 spiro atoms. The van der Waals surface area contributed by atoms with E-state index in [1.54, 1.807) is 12.1 Å². The minimum atomic E-state index is -0.840. The summed E-state index contributed by atoms with van der Waals surface area (Å²) in [7, 11) is 0. The molecule has 0 saturated heterocycles. The van der Waals surface area contributed by atoms with E-state index in [4.69, 9.17) is 0 Å². The molecule has 162 valence electrons. The molecule has 0 aliphatic carbocycles. The summed E-state index contributed by atoms with van der Waals surface area (Å²) in [5, 5.41) is 2.94. The van der Waals surface area contributed by atoms with Gasteiger partial charge in [0.1, 0.15) is 5.82 Å². The summed E-state index contributed by atoms with van der Waals surface area (Å²) in [6.07, 6.45) is 0. The van der Waals surface area contributed by atoms with Crippen LogP contribution >= 0.6 is 0 Å². The van der Waals surface area contributed by atoms with Crippen LogP contribution in [-0.4, -0.2) is 11.7 Å². The Labute approximate surface area is 188 Å². The molecule has 0 aromatic heterocycles. The first kappa shape index (κ1) is 22.9. The highest BCUT2D eigenvalue weighted by Gasteiger charge is 2.39. The quantitative estimate of drug-likeness (QED) is 0.333. The lowest BCUT2D eigenvalue weighted by molar-refractivity contribution is -0.119. The van der Waals surface area contributed by atoms with Gasteiger partial charge in [-0.15, -0.1) is 5.73 Å². The molecule has 0 aliphatic rings. The molecule has 3 rings (SSSR count). The Morgan fingerprint density at radius 3 is 1.97 bits per heavy atom. The molecule has 0 aliphatic heterocycles. The Morgan fingerprint density at radius 1 is 0.875 bits per heavy atom. The van der Waals surface area contributed by atoms with Crippen molar-refractivity contribution in [2.45, 2.75) is 19.8 Å². The Balaban J connectivity index is 2.14. The van der Waals surface area contributed by atoms with Gasteiger partial charge in [0, 0.05) is 11.3 Å². The van der Waals surface area contributed by atoms with Gasteiger partial charge in [0.25, 0.3) is 0 Å². The molecule has 0 saturated carbocycles. The number of carbonyl (C=O) groups excluding carboxylic acids is 2. The molecule has 0 fully saturated rings. The minimum absolute atomic E-state index is 0.0637. The highest BCUT2D eigenvalue weighted by molar-refractivity contribution is 6.06. The van der Waals surface area contributed by atoms with Gasteiger partial charge in [-0.1, -0.05) is 69.0 Å². The number of anilines is 1. The topological polar surface area (TPSA) is 46.2 Å². The molecule has 3 aromatic rings. The van der Waals surface area contributed by atoms with E-state index in [1.165, 1.54) is 24.3 Å². The van der Waals surface area contributed by atoms with E-state index in [1.807, 2.05) is 62.4 Å². The molecular weight excluding hydrogens is 401 g/mol. The van der Waals surface area contributed by atoms with Crippen molar-refractivity contribution >= 4 is 17.4 Å². The first-order valence-electron chi connectivity index (χ1n) is 10.5. The van der Waals surface area contributed by atoms with Gasteiger partial charge in [-0.3, -0.25) is 9.59 Å². The molecule has 2 atom stereocenters. The molecule has 2 unspecified atom stereocenters. The zero-order valence-corrected chi connectivity index (χ0v) is 18.2. The molecule has 32 heavy (non-hydrogen) atoms. The summed E-state index contributed by atoms with van der Waals surface area (Å²) >= 11 is 0. The highest BCUT2D eigenvalue weighted by atomic mass is 19.1. The van der Waals surface area contributed by atoms with Gasteiger partial charge in [0.15, 0.2) is 5.78 Å². The van der Waals surface area contributed by atoms with Crippen molar-refractivity contribution in [2.24, 2.45) is 11.8 Å². The number of ketones is 1. The van der Waals surface area contributed by atoms with Gasteiger partial charge in [0.2, 0.25) is 5.91 Å². The summed E-state index contributed by atoms with van der Waals surface area (Å²) in [6.45, 7) is 7.70. The van der Waals surface area contributed by atoms with Crippen molar-refractivity contribution in [2.75, 3.05) is 5.32 Å². The molecule has 0 radical (unpaired) electrons. The standard InChI is InChI=1S/C28H26FNO2/c1-4-24(19(2)3)26(28(32)30-23-13-9-6-10-14-23)25(20-11-7-5-8-12-20)27(31)21-15-17-22(29)18-16-21/h5-19,25-26H,1H2,2-3H3,(H,30,32). The number of nitrogens with one attached hydrogen (secondary N) is 1. The van der Waals surface area contributed by atoms with Gasteiger partial charge in [-0.25, -0.2) is 4.39 Å². The minimum Gasteiger partial charge on any atom is -0.326 e. The average Bonchev–Trinajstić information content (AvgIpc) is 2.80. The number of hydrogen-bond donors (Lipinski definition) is 1. The number of para-hydroxylation sites is 1. The third-order valence-electron chi connectivity index (χ3n) is 5.39. The Hall–Kier alpha value is -3.75. The van der Waals surface area contributed by atoms with Crippen LogP contribution in [0.5, 0.6) is 0 Å². The van der Waals surface area contributed by atoms with Crippen molar-refractivity contribution in [1.82, 2.24) is 0 Å². The summed E-state index contributed by atoms with van der Waals surface area (Å²) < 4.78 is 13.5. The maximum atomic E-state index is 13.7. The van der Waals surface area contributed by atoms with E-state index in [2.05, 4.69) is 17.6 Å². The Kier molecular flexibility index (Phi) is 7.54.